The first kappa shape index (κ1) is 12.1. The zero-order chi connectivity index (χ0) is 12.3. The fraction of sp³-hybridized carbons (Fsp3) is 0.500. The molecular weight excluding hydrogens is 212 g/mol. The number of piperidine rings is 1. The Kier molecular flexibility index (Phi) is 3.79. The number of benzene rings is 1. The monoisotopic (exact) mass is 232 g/mol. The number of hydrogen-bond donors (Lipinski definition) is 2. The highest BCUT2D eigenvalue weighted by Gasteiger charge is 2.20. The first-order chi connectivity index (χ1) is 8.15. The highest BCUT2D eigenvalue weighted by Crippen LogP contribution is 2.10. The van der Waals surface area contributed by atoms with Gasteiger partial charge in [0.15, 0.2) is 0 Å². The molecule has 0 spiro atoms. The molecule has 92 valence electrons. The van der Waals surface area contributed by atoms with Gasteiger partial charge in [0.1, 0.15) is 0 Å². The Labute approximate surface area is 103 Å². The molecule has 2 N–H and O–H groups in total. The van der Waals surface area contributed by atoms with Gasteiger partial charge in [-0.15, -0.1) is 0 Å². The molecule has 17 heavy (non-hydrogen) atoms. The van der Waals surface area contributed by atoms with Crippen LogP contribution in [-0.4, -0.2) is 18.5 Å². The maximum atomic E-state index is 11.6. The Morgan fingerprint density at radius 1 is 1.29 bits per heavy atom. The van der Waals surface area contributed by atoms with E-state index in [1.54, 1.807) is 0 Å². The predicted octanol–water partition coefficient (Wildman–Crippen LogP) is 1.67. The molecule has 2 rings (SSSR count). The number of nitrogens with one attached hydrogen (secondary N) is 2. The topological polar surface area (TPSA) is 41.1 Å². The third kappa shape index (κ3) is 3.30. The van der Waals surface area contributed by atoms with E-state index in [2.05, 4.69) is 42.7 Å². The van der Waals surface area contributed by atoms with Crippen molar-refractivity contribution in [1.82, 2.24) is 10.6 Å². The van der Waals surface area contributed by atoms with E-state index < -0.39 is 0 Å². The largest absolute Gasteiger partial charge is 0.355 e. The summed E-state index contributed by atoms with van der Waals surface area (Å²) in [6, 6.07) is 6.47. The molecule has 0 bridgehead atoms. The van der Waals surface area contributed by atoms with E-state index in [4.69, 9.17) is 0 Å². The second-order valence-corrected chi connectivity index (χ2v) is 4.86. The highest BCUT2D eigenvalue weighted by molar-refractivity contribution is 5.82. The van der Waals surface area contributed by atoms with Gasteiger partial charge >= 0.3 is 0 Å². The van der Waals surface area contributed by atoms with Crippen LogP contribution < -0.4 is 10.6 Å². The lowest BCUT2D eigenvalue weighted by Gasteiger charge is -2.23. The third-order valence-corrected chi connectivity index (χ3v) is 3.12. The van der Waals surface area contributed by atoms with E-state index >= 15 is 0 Å². The van der Waals surface area contributed by atoms with E-state index in [0.717, 1.165) is 25.9 Å². The zero-order valence-corrected chi connectivity index (χ0v) is 10.5. The van der Waals surface area contributed by atoms with E-state index in [-0.39, 0.29) is 11.9 Å². The van der Waals surface area contributed by atoms with Crippen LogP contribution in [0.1, 0.15) is 29.5 Å². The molecule has 3 nitrogen and oxygen atoms in total. The van der Waals surface area contributed by atoms with Gasteiger partial charge in [0, 0.05) is 13.1 Å². The molecule has 0 aliphatic carbocycles. The summed E-state index contributed by atoms with van der Waals surface area (Å²) in [4.78, 5) is 11.6. The minimum atomic E-state index is -0.0235. The summed E-state index contributed by atoms with van der Waals surface area (Å²) in [5, 5.41) is 6.22. The van der Waals surface area contributed by atoms with Crippen molar-refractivity contribution in [2.75, 3.05) is 6.54 Å². The van der Waals surface area contributed by atoms with Crippen molar-refractivity contribution >= 4 is 5.91 Å². The van der Waals surface area contributed by atoms with Gasteiger partial charge in [0.05, 0.1) is 6.04 Å². The lowest BCUT2D eigenvalue weighted by atomic mass is 10.0. The number of rotatable bonds is 3. The van der Waals surface area contributed by atoms with E-state index in [1.165, 1.54) is 16.7 Å². The Balaban J connectivity index is 1.94. The Morgan fingerprint density at radius 2 is 2.00 bits per heavy atom. The zero-order valence-electron chi connectivity index (χ0n) is 10.5. The quantitative estimate of drug-likeness (QED) is 0.832. The summed E-state index contributed by atoms with van der Waals surface area (Å²) >= 11 is 0. The summed E-state index contributed by atoms with van der Waals surface area (Å²) in [6.45, 7) is 5.79. The van der Waals surface area contributed by atoms with Gasteiger partial charge in [-0.1, -0.05) is 29.3 Å². The molecule has 1 aliphatic rings. The van der Waals surface area contributed by atoms with Gasteiger partial charge in [-0.2, -0.15) is 0 Å². The second-order valence-electron chi connectivity index (χ2n) is 4.86. The smallest absolute Gasteiger partial charge is 0.237 e. The molecule has 1 amide bonds. The van der Waals surface area contributed by atoms with Gasteiger partial charge in [0.25, 0.3) is 0 Å². The van der Waals surface area contributed by atoms with Crippen molar-refractivity contribution in [3.05, 3.63) is 34.9 Å². The Hall–Kier alpha value is -1.35. The van der Waals surface area contributed by atoms with Gasteiger partial charge < -0.3 is 10.6 Å². The van der Waals surface area contributed by atoms with Crippen molar-refractivity contribution < 1.29 is 4.79 Å². The average molecular weight is 232 g/mol. The molecule has 1 saturated heterocycles. The van der Waals surface area contributed by atoms with Crippen molar-refractivity contribution in [1.29, 1.82) is 0 Å². The molecule has 0 radical (unpaired) electrons. The lowest BCUT2D eigenvalue weighted by Crippen LogP contribution is -2.47. The van der Waals surface area contributed by atoms with Crippen LogP contribution in [0.15, 0.2) is 18.2 Å². The molecule has 0 saturated carbocycles. The predicted molar refractivity (Wildman–Crippen MR) is 68.8 cm³/mol. The molecular formula is C14H20N2O. The van der Waals surface area contributed by atoms with Crippen LogP contribution in [0.5, 0.6) is 0 Å². The molecule has 1 heterocycles. The number of carbonyl (C=O) groups excluding carboxylic acids is 1. The molecule has 1 unspecified atom stereocenters. The van der Waals surface area contributed by atoms with Crippen LogP contribution in [0.3, 0.4) is 0 Å². The normalized spacial score (nSPS) is 20.1. The van der Waals surface area contributed by atoms with Crippen molar-refractivity contribution in [2.45, 2.75) is 39.3 Å². The number of aryl methyl sites for hydroxylation is 2. The van der Waals surface area contributed by atoms with E-state index in [0.29, 0.717) is 0 Å². The van der Waals surface area contributed by atoms with Crippen LogP contribution in [-0.2, 0) is 11.3 Å². The van der Waals surface area contributed by atoms with Crippen molar-refractivity contribution in [2.24, 2.45) is 0 Å². The van der Waals surface area contributed by atoms with Crippen molar-refractivity contribution in [3.63, 3.8) is 0 Å². The van der Waals surface area contributed by atoms with E-state index in [9.17, 15) is 4.79 Å². The van der Waals surface area contributed by atoms with Crippen LogP contribution in [0.4, 0.5) is 0 Å². The van der Waals surface area contributed by atoms with Crippen LogP contribution in [0, 0.1) is 13.8 Å². The summed E-state index contributed by atoms with van der Waals surface area (Å²) in [5.41, 5.74) is 3.80. The van der Waals surface area contributed by atoms with Crippen LogP contribution in [0.2, 0.25) is 0 Å². The van der Waals surface area contributed by atoms with Gasteiger partial charge in [-0.25, -0.2) is 0 Å². The summed E-state index contributed by atoms with van der Waals surface area (Å²) < 4.78 is 0. The van der Waals surface area contributed by atoms with Crippen LogP contribution in [0.25, 0.3) is 0 Å². The Morgan fingerprint density at radius 3 is 2.65 bits per heavy atom. The molecule has 1 fully saturated rings. The molecule has 1 aromatic rings. The highest BCUT2D eigenvalue weighted by atomic mass is 16.2. The number of carbonyl (C=O) groups is 1. The average Bonchev–Trinajstić information content (AvgIpc) is 2.27. The number of hydrogen-bond acceptors (Lipinski definition) is 2. The fourth-order valence-electron chi connectivity index (χ4n) is 2.38. The first-order valence-electron chi connectivity index (χ1n) is 6.23. The molecule has 0 aromatic heterocycles. The SMILES string of the molecule is Cc1cc(C)cc(CNC2CCCNC2=O)c1. The minimum absolute atomic E-state index is 0.0235. The molecule has 1 atom stereocenters. The van der Waals surface area contributed by atoms with Gasteiger partial charge in [-0.05, 0) is 32.3 Å². The number of amides is 1. The maximum Gasteiger partial charge on any atom is 0.237 e. The Bertz CT molecular complexity index is 394. The van der Waals surface area contributed by atoms with Gasteiger partial charge in [0.2, 0.25) is 5.91 Å². The first-order valence-corrected chi connectivity index (χ1v) is 6.23. The third-order valence-electron chi connectivity index (χ3n) is 3.12. The summed E-state index contributed by atoms with van der Waals surface area (Å²) in [5.74, 6) is 0.139. The lowest BCUT2D eigenvalue weighted by molar-refractivity contribution is -0.124. The van der Waals surface area contributed by atoms with E-state index in [1.807, 2.05) is 0 Å². The molecule has 1 aromatic carbocycles. The standard InChI is InChI=1S/C14H20N2O/c1-10-6-11(2)8-12(7-10)9-16-13-4-3-5-15-14(13)17/h6-8,13,16H,3-5,9H2,1-2H3,(H,15,17). The van der Waals surface area contributed by atoms with Crippen molar-refractivity contribution in [3.8, 4) is 0 Å². The minimum Gasteiger partial charge on any atom is -0.355 e. The maximum absolute atomic E-state index is 11.6. The molecule has 3 heteroatoms. The van der Waals surface area contributed by atoms with Gasteiger partial charge in [-0.3, -0.25) is 4.79 Å². The fourth-order valence-corrected chi connectivity index (χ4v) is 2.38. The summed E-state index contributed by atoms with van der Waals surface area (Å²) in [7, 11) is 0. The summed E-state index contributed by atoms with van der Waals surface area (Å²) in [6.07, 6.45) is 2.01. The second kappa shape index (κ2) is 5.32. The molecule has 1 aliphatic heterocycles. The van der Waals surface area contributed by atoms with Crippen LogP contribution >= 0.6 is 0 Å².